The summed E-state index contributed by atoms with van der Waals surface area (Å²) in [6.45, 7) is 2.29. The number of nitrogens with two attached hydrogens (primary N) is 1. The van der Waals surface area contributed by atoms with Crippen LogP contribution in [0.25, 0.3) is 0 Å². The first kappa shape index (κ1) is 14.8. The monoisotopic (exact) mass is 341 g/mol. The van der Waals surface area contributed by atoms with Crippen LogP contribution in [0.5, 0.6) is 0 Å². The van der Waals surface area contributed by atoms with Gasteiger partial charge >= 0.3 is 0 Å². The fourth-order valence-corrected chi connectivity index (χ4v) is 3.11. The molecule has 0 aliphatic carbocycles. The first-order chi connectivity index (χ1) is 8.99. The molecular weight excluding hydrogens is 322 g/mol. The summed E-state index contributed by atoms with van der Waals surface area (Å²) in [6, 6.07) is 6.64. The largest absolute Gasteiger partial charge is 0.389 e. The van der Waals surface area contributed by atoms with E-state index in [1.807, 2.05) is 12.1 Å². The summed E-state index contributed by atoms with van der Waals surface area (Å²) < 4.78 is 1.06. The standard InChI is InChI=1S/C14H20BrN3S/c1-17-7-5-11(6-8-17)18(2)13-9-10(15)3-4-12(13)14(16)19/h3-4,9,11H,5-8H2,1-2H3,(H2,16,19). The van der Waals surface area contributed by atoms with Crippen LogP contribution in [0.15, 0.2) is 22.7 Å². The molecule has 3 nitrogen and oxygen atoms in total. The van der Waals surface area contributed by atoms with Gasteiger partial charge in [-0.15, -0.1) is 0 Å². The van der Waals surface area contributed by atoms with Crippen LogP contribution in [0.1, 0.15) is 18.4 Å². The molecule has 1 aromatic carbocycles. The number of nitrogens with zero attached hydrogens (tertiary/aromatic N) is 2. The van der Waals surface area contributed by atoms with Crippen molar-refractivity contribution in [2.24, 2.45) is 5.73 Å². The quantitative estimate of drug-likeness (QED) is 0.856. The van der Waals surface area contributed by atoms with Crippen molar-refractivity contribution >= 4 is 38.8 Å². The maximum atomic E-state index is 5.84. The maximum absolute atomic E-state index is 5.84. The number of piperidine rings is 1. The number of hydrogen-bond acceptors (Lipinski definition) is 3. The fraction of sp³-hybridized carbons (Fsp3) is 0.500. The van der Waals surface area contributed by atoms with Gasteiger partial charge in [-0.1, -0.05) is 28.1 Å². The number of hydrogen-bond donors (Lipinski definition) is 1. The number of thiocarbonyl (C=S) groups is 1. The lowest BCUT2D eigenvalue weighted by Gasteiger charge is -2.37. The molecular formula is C14H20BrN3S. The average molecular weight is 342 g/mol. The lowest BCUT2D eigenvalue weighted by atomic mass is 10.0. The summed E-state index contributed by atoms with van der Waals surface area (Å²) in [5, 5.41) is 0. The van der Waals surface area contributed by atoms with Gasteiger partial charge in [0.15, 0.2) is 0 Å². The van der Waals surface area contributed by atoms with Crippen LogP contribution in [0.4, 0.5) is 5.69 Å². The Hall–Kier alpha value is -0.650. The molecule has 0 amide bonds. The minimum atomic E-state index is 0.460. The molecule has 0 unspecified atom stereocenters. The summed E-state index contributed by atoms with van der Waals surface area (Å²) in [6.07, 6.45) is 2.35. The third-order valence-electron chi connectivity index (χ3n) is 3.84. The molecule has 0 atom stereocenters. The summed E-state index contributed by atoms with van der Waals surface area (Å²) in [7, 11) is 4.31. The molecule has 1 saturated heterocycles. The molecule has 0 spiro atoms. The van der Waals surface area contributed by atoms with E-state index in [9.17, 15) is 0 Å². The molecule has 5 heteroatoms. The van der Waals surface area contributed by atoms with E-state index in [2.05, 4.69) is 45.9 Å². The predicted octanol–water partition coefficient (Wildman–Crippen LogP) is 2.61. The van der Waals surface area contributed by atoms with Crippen molar-refractivity contribution in [3.63, 3.8) is 0 Å². The van der Waals surface area contributed by atoms with Crippen LogP contribution in [-0.2, 0) is 0 Å². The maximum Gasteiger partial charge on any atom is 0.106 e. The van der Waals surface area contributed by atoms with E-state index in [1.165, 1.54) is 12.8 Å². The van der Waals surface area contributed by atoms with Crippen molar-refractivity contribution in [3.8, 4) is 0 Å². The van der Waals surface area contributed by atoms with Crippen LogP contribution < -0.4 is 10.6 Å². The van der Waals surface area contributed by atoms with Gasteiger partial charge in [0.1, 0.15) is 4.99 Å². The summed E-state index contributed by atoms with van der Waals surface area (Å²) in [4.78, 5) is 5.16. The van der Waals surface area contributed by atoms with E-state index >= 15 is 0 Å². The fourth-order valence-electron chi connectivity index (χ4n) is 2.58. The zero-order valence-corrected chi connectivity index (χ0v) is 13.8. The van der Waals surface area contributed by atoms with Gasteiger partial charge in [0.05, 0.1) is 0 Å². The minimum Gasteiger partial charge on any atom is -0.389 e. The second-order valence-electron chi connectivity index (χ2n) is 5.17. The molecule has 2 N–H and O–H groups in total. The SMILES string of the molecule is CN1CCC(N(C)c2cc(Br)ccc2C(N)=S)CC1. The summed E-state index contributed by atoms with van der Waals surface area (Å²) >= 11 is 8.69. The average Bonchev–Trinajstić information content (AvgIpc) is 2.38. The number of benzene rings is 1. The molecule has 0 bridgehead atoms. The van der Waals surface area contributed by atoms with Crippen molar-refractivity contribution in [1.82, 2.24) is 4.90 Å². The van der Waals surface area contributed by atoms with Crippen LogP contribution >= 0.6 is 28.1 Å². The Balaban J connectivity index is 2.25. The first-order valence-corrected chi connectivity index (χ1v) is 7.70. The van der Waals surface area contributed by atoms with E-state index in [-0.39, 0.29) is 0 Å². The van der Waals surface area contributed by atoms with Gasteiger partial charge < -0.3 is 15.5 Å². The molecule has 0 radical (unpaired) electrons. The van der Waals surface area contributed by atoms with Gasteiger partial charge in [0, 0.05) is 28.8 Å². The second kappa shape index (κ2) is 6.20. The molecule has 19 heavy (non-hydrogen) atoms. The van der Waals surface area contributed by atoms with Gasteiger partial charge in [0.2, 0.25) is 0 Å². The van der Waals surface area contributed by atoms with Crippen molar-refractivity contribution < 1.29 is 0 Å². The van der Waals surface area contributed by atoms with Crippen molar-refractivity contribution in [3.05, 3.63) is 28.2 Å². The van der Waals surface area contributed by atoms with E-state index in [0.717, 1.165) is 28.8 Å². The smallest absolute Gasteiger partial charge is 0.106 e. The topological polar surface area (TPSA) is 32.5 Å². The highest BCUT2D eigenvalue weighted by Crippen LogP contribution is 2.28. The molecule has 104 valence electrons. The molecule has 1 aliphatic rings. The lowest BCUT2D eigenvalue weighted by Crippen LogP contribution is -2.42. The number of likely N-dealkylation sites (tertiary alicyclic amines) is 1. The highest BCUT2D eigenvalue weighted by atomic mass is 79.9. The van der Waals surface area contributed by atoms with Crippen LogP contribution in [0.2, 0.25) is 0 Å². The third kappa shape index (κ3) is 3.46. The van der Waals surface area contributed by atoms with E-state index in [4.69, 9.17) is 18.0 Å². The highest BCUT2D eigenvalue weighted by Gasteiger charge is 2.22. The first-order valence-electron chi connectivity index (χ1n) is 6.50. The minimum absolute atomic E-state index is 0.460. The zero-order chi connectivity index (χ0) is 14.0. The van der Waals surface area contributed by atoms with Gasteiger partial charge in [-0.2, -0.15) is 0 Å². The van der Waals surface area contributed by atoms with Crippen molar-refractivity contribution in [2.75, 3.05) is 32.1 Å². The molecule has 0 saturated carbocycles. The summed E-state index contributed by atoms with van der Waals surface area (Å²) in [5.74, 6) is 0. The van der Waals surface area contributed by atoms with Crippen molar-refractivity contribution in [1.29, 1.82) is 0 Å². The number of rotatable bonds is 3. The number of anilines is 1. The van der Waals surface area contributed by atoms with Crippen LogP contribution in [0.3, 0.4) is 0 Å². The Morgan fingerprint density at radius 1 is 1.42 bits per heavy atom. The Bertz CT molecular complexity index is 470. The molecule has 0 aromatic heterocycles. The van der Waals surface area contributed by atoms with Gasteiger partial charge in [-0.3, -0.25) is 0 Å². The summed E-state index contributed by atoms with van der Waals surface area (Å²) in [5.41, 5.74) is 7.91. The molecule has 1 aromatic rings. The van der Waals surface area contributed by atoms with Crippen LogP contribution in [0, 0.1) is 0 Å². The Labute approximate surface area is 128 Å². The van der Waals surface area contributed by atoms with Gasteiger partial charge in [-0.25, -0.2) is 0 Å². The normalized spacial score (nSPS) is 17.4. The van der Waals surface area contributed by atoms with Gasteiger partial charge in [0.25, 0.3) is 0 Å². The number of halogens is 1. The molecule has 1 fully saturated rings. The molecule has 1 heterocycles. The Morgan fingerprint density at radius 3 is 2.63 bits per heavy atom. The third-order valence-corrected chi connectivity index (χ3v) is 4.55. The molecule has 2 rings (SSSR count). The lowest BCUT2D eigenvalue weighted by molar-refractivity contribution is 0.253. The van der Waals surface area contributed by atoms with Crippen molar-refractivity contribution in [2.45, 2.75) is 18.9 Å². The second-order valence-corrected chi connectivity index (χ2v) is 6.53. The van der Waals surface area contributed by atoms with E-state index in [0.29, 0.717) is 11.0 Å². The Kier molecular flexibility index (Phi) is 4.81. The van der Waals surface area contributed by atoms with E-state index in [1.54, 1.807) is 0 Å². The van der Waals surface area contributed by atoms with Crippen LogP contribution in [-0.4, -0.2) is 43.1 Å². The highest BCUT2D eigenvalue weighted by molar-refractivity contribution is 9.10. The Morgan fingerprint density at radius 2 is 2.05 bits per heavy atom. The van der Waals surface area contributed by atoms with E-state index < -0.39 is 0 Å². The predicted molar refractivity (Wildman–Crippen MR) is 89.0 cm³/mol. The molecule has 1 aliphatic heterocycles. The zero-order valence-electron chi connectivity index (χ0n) is 11.4. The van der Waals surface area contributed by atoms with Gasteiger partial charge in [-0.05, 0) is 51.2 Å².